The Labute approximate surface area is 174 Å². The summed E-state index contributed by atoms with van der Waals surface area (Å²) in [5.41, 5.74) is 3.66. The van der Waals surface area contributed by atoms with E-state index in [0.717, 1.165) is 6.07 Å². The molecule has 2 heterocycles. The molecule has 0 saturated carbocycles. The summed E-state index contributed by atoms with van der Waals surface area (Å²) in [6.45, 7) is 2.13. The van der Waals surface area contributed by atoms with E-state index in [-0.39, 0.29) is 23.7 Å². The van der Waals surface area contributed by atoms with Gasteiger partial charge in [-0.3, -0.25) is 9.79 Å². The summed E-state index contributed by atoms with van der Waals surface area (Å²) < 4.78 is 58.1. The number of amides is 1. The number of benzene rings is 1. The van der Waals surface area contributed by atoms with E-state index >= 15 is 0 Å². The first-order valence-corrected chi connectivity index (χ1v) is 9.13. The third kappa shape index (κ3) is 4.71. The first-order valence-electron chi connectivity index (χ1n) is 8.76. The highest BCUT2D eigenvalue weighted by atomic mass is 35.5. The molecule has 11 heteroatoms. The summed E-state index contributed by atoms with van der Waals surface area (Å²) in [4.78, 5) is 20.3. The van der Waals surface area contributed by atoms with Gasteiger partial charge in [0.1, 0.15) is 24.0 Å². The number of nitrogens with zero attached hydrogens (tertiary/aromatic N) is 2. The molecule has 1 atom stereocenters. The zero-order valence-corrected chi connectivity index (χ0v) is 16.4. The maximum absolute atomic E-state index is 14.5. The number of hydrogen-bond acceptors (Lipinski definition) is 5. The molecule has 1 aromatic carbocycles. The van der Waals surface area contributed by atoms with Crippen LogP contribution >= 0.6 is 11.6 Å². The summed E-state index contributed by atoms with van der Waals surface area (Å²) in [7, 11) is 0. The number of anilines is 1. The van der Waals surface area contributed by atoms with Gasteiger partial charge in [-0.2, -0.15) is 13.2 Å². The van der Waals surface area contributed by atoms with Crippen molar-refractivity contribution in [2.45, 2.75) is 25.1 Å². The van der Waals surface area contributed by atoms with Crippen LogP contribution < -0.4 is 11.1 Å². The van der Waals surface area contributed by atoms with Crippen LogP contribution in [0.15, 0.2) is 35.5 Å². The SMILES string of the molecule is C[C@@]1(c2cc(NC(=O)c3ncc(C(F)(F)F)cc3Cl)ccc2F)CCOCC(N)=N1. The molecule has 0 aliphatic carbocycles. The number of amidine groups is 1. The highest BCUT2D eigenvalue weighted by Gasteiger charge is 2.33. The van der Waals surface area contributed by atoms with Gasteiger partial charge in [0.25, 0.3) is 5.91 Å². The predicted molar refractivity (Wildman–Crippen MR) is 103 cm³/mol. The number of nitrogens with two attached hydrogens (primary N) is 1. The average Bonchev–Trinajstić information content (AvgIpc) is 2.83. The molecule has 0 fully saturated rings. The first-order chi connectivity index (χ1) is 14.0. The van der Waals surface area contributed by atoms with E-state index in [1.165, 1.54) is 12.1 Å². The van der Waals surface area contributed by atoms with Crippen molar-refractivity contribution in [1.29, 1.82) is 0 Å². The van der Waals surface area contributed by atoms with Crippen LogP contribution in [-0.4, -0.2) is 29.9 Å². The van der Waals surface area contributed by atoms with Gasteiger partial charge in [0, 0.05) is 24.1 Å². The van der Waals surface area contributed by atoms with Gasteiger partial charge in [-0.15, -0.1) is 0 Å². The quantitative estimate of drug-likeness (QED) is 0.696. The average molecular weight is 445 g/mol. The zero-order valence-electron chi connectivity index (χ0n) is 15.7. The summed E-state index contributed by atoms with van der Waals surface area (Å²) in [6, 6.07) is 4.45. The molecule has 3 N–H and O–H groups in total. The Kier molecular flexibility index (Phi) is 6.00. The van der Waals surface area contributed by atoms with Crippen molar-refractivity contribution in [2.24, 2.45) is 10.7 Å². The standard InChI is InChI=1S/C19H17ClF4N4O2/c1-18(4-5-30-9-15(25)28-18)12-7-11(2-3-14(12)21)27-17(29)16-13(20)6-10(8-26-16)19(22,23)24/h2-3,6-8H,4-5,9H2,1H3,(H2,25,28)(H,27,29)/t18-/m0/s1. The number of hydrogen-bond donors (Lipinski definition) is 2. The molecule has 1 aliphatic heterocycles. The largest absolute Gasteiger partial charge is 0.417 e. The van der Waals surface area contributed by atoms with Crippen LogP contribution in [0.25, 0.3) is 0 Å². The molecule has 0 radical (unpaired) electrons. The Morgan fingerprint density at radius 1 is 1.33 bits per heavy atom. The highest BCUT2D eigenvalue weighted by Crippen LogP contribution is 2.35. The Bertz CT molecular complexity index is 1010. The number of rotatable bonds is 3. The van der Waals surface area contributed by atoms with E-state index in [4.69, 9.17) is 22.1 Å². The van der Waals surface area contributed by atoms with E-state index in [2.05, 4.69) is 15.3 Å². The molecule has 160 valence electrons. The summed E-state index contributed by atoms with van der Waals surface area (Å²) in [5.74, 6) is -1.19. The number of halogens is 5. The lowest BCUT2D eigenvalue weighted by Gasteiger charge is -2.25. The Hall–Kier alpha value is -2.72. The van der Waals surface area contributed by atoms with Crippen LogP contribution in [0.4, 0.5) is 23.2 Å². The van der Waals surface area contributed by atoms with Crippen molar-refractivity contribution in [3.05, 3.63) is 58.1 Å². The topological polar surface area (TPSA) is 89.6 Å². The van der Waals surface area contributed by atoms with Crippen LogP contribution in [0.3, 0.4) is 0 Å². The van der Waals surface area contributed by atoms with E-state index < -0.39 is 39.7 Å². The van der Waals surface area contributed by atoms with Gasteiger partial charge in [-0.25, -0.2) is 9.37 Å². The predicted octanol–water partition coefficient (Wildman–Crippen LogP) is 4.14. The van der Waals surface area contributed by atoms with E-state index in [9.17, 15) is 22.4 Å². The van der Waals surface area contributed by atoms with Gasteiger partial charge >= 0.3 is 6.18 Å². The van der Waals surface area contributed by atoms with Gasteiger partial charge in [0.2, 0.25) is 0 Å². The van der Waals surface area contributed by atoms with Crippen LogP contribution in [0.1, 0.15) is 35.0 Å². The third-order valence-corrected chi connectivity index (χ3v) is 4.85. The number of aromatic nitrogens is 1. The van der Waals surface area contributed by atoms with E-state index in [1.54, 1.807) is 6.92 Å². The normalized spacial score (nSPS) is 19.7. The molecule has 0 spiro atoms. The molecule has 1 amide bonds. The van der Waals surface area contributed by atoms with E-state index in [1.807, 2.05) is 0 Å². The molecule has 0 saturated heterocycles. The highest BCUT2D eigenvalue weighted by molar-refractivity contribution is 6.34. The number of pyridine rings is 1. The lowest BCUT2D eigenvalue weighted by molar-refractivity contribution is -0.137. The fourth-order valence-corrected chi connectivity index (χ4v) is 3.27. The van der Waals surface area contributed by atoms with Crippen molar-refractivity contribution >= 4 is 29.0 Å². The van der Waals surface area contributed by atoms with Gasteiger partial charge in [-0.1, -0.05) is 11.6 Å². The van der Waals surface area contributed by atoms with Crippen molar-refractivity contribution < 1.29 is 27.1 Å². The lowest BCUT2D eigenvalue weighted by atomic mass is 9.88. The molecule has 1 aliphatic rings. The summed E-state index contributed by atoms with van der Waals surface area (Å²) in [6.07, 6.45) is -3.77. The van der Waals surface area contributed by atoms with Crippen molar-refractivity contribution in [3.63, 3.8) is 0 Å². The zero-order chi connectivity index (χ0) is 22.1. The summed E-state index contributed by atoms with van der Waals surface area (Å²) >= 11 is 5.80. The maximum atomic E-state index is 14.5. The van der Waals surface area contributed by atoms with Crippen LogP contribution in [0.5, 0.6) is 0 Å². The molecule has 1 aromatic heterocycles. The maximum Gasteiger partial charge on any atom is 0.417 e. The van der Waals surface area contributed by atoms with E-state index in [0.29, 0.717) is 25.3 Å². The molecular weight excluding hydrogens is 428 g/mol. The Morgan fingerprint density at radius 3 is 2.73 bits per heavy atom. The van der Waals surface area contributed by atoms with Crippen LogP contribution in [0.2, 0.25) is 5.02 Å². The second-order valence-electron chi connectivity index (χ2n) is 6.88. The van der Waals surface area contributed by atoms with Crippen LogP contribution in [-0.2, 0) is 16.5 Å². The number of ether oxygens (including phenoxy) is 1. The molecular formula is C19H17ClF4N4O2. The molecule has 3 rings (SSSR count). The van der Waals surface area contributed by atoms with Gasteiger partial charge in [0.05, 0.1) is 16.1 Å². The van der Waals surface area contributed by atoms with Crippen molar-refractivity contribution in [3.8, 4) is 0 Å². The van der Waals surface area contributed by atoms with Crippen LogP contribution in [0, 0.1) is 5.82 Å². The summed E-state index contributed by atoms with van der Waals surface area (Å²) in [5, 5.41) is 2.00. The third-order valence-electron chi connectivity index (χ3n) is 4.56. The number of aliphatic imine (C=N–C) groups is 1. The van der Waals surface area contributed by atoms with Crippen molar-refractivity contribution in [1.82, 2.24) is 4.98 Å². The fraction of sp³-hybridized carbons (Fsp3) is 0.316. The van der Waals surface area contributed by atoms with Gasteiger partial charge in [0.15, 0.2) is 0 Å². The Balaban J connectivity index is 1.89. The van der Waals surface area contributed by atoms with Gasteiger partial charge < -0.3 is 15.8 Å². The number of carbonyl (C=O) groups is 1. The minimum absolute atomic E-state index is 0.131. The second kappa shape index (κ2) is 8.19. The number of carbonyl (C=O) groups excluding carboxylic acids is 1. The monoisotopic (exact) mass is 444 g/mol. The first kappa shape index (κ1) is 22.0. The minimum Gasteiger partial charge on any atom is -0.386 e. The minimum atomic E-state index is -4.64. The lowest BCUT2D eigenvalue weighted by Crippen LogP contribution is -2.26. The Morgan fingerprint density at radius 2 is 2.07 bits per heavy atom. The van der Waals surface area contributed by atoms with Gasteiger partial charge in [-0.05, 0) is 37.6 Å². The second-order valence-corrected chi connectivity index (χ2v) is 7.29. The fourth-order valence-electron chi connectivity index (χ4n) is 3.01. The van der Waals surface area contributed by atoms with Crippen molar-refractivity contribution in [2.75, 3.05) is 18.5 Å². The molecule has 0 bridgehead atoms. The molecule has 0 unspecified atom stereocenters. The molecule has 30 heavy (non-hydrogen) atoms. The molecule has 2 aromatic rings. The number of nitrogens with one attached hydrogen (secondary N) is 1. The number of alkyl halides is 3. The molecule has 6 nitrogen and oxygen atoms in total. The smallest absolute Gasteiger partial charge is 0.386 e.